The lowest BCUT2D eigenvalue weighted by atomic mass is 10.1. The zero-order valence-electron chi connectivity index (χ0n) is 23.4. The van der Waals surface area contributed by atoms with Crippen LogP contribution in [0.3, 0.4) is 0 Å². The maximum atomic E-state index is 10.5. The molecule has 0 saturated heterocycles. The Morgan fingerprint density at radius 2 is 1.49 bits per heavy atom. The van der Waals surface area contributed by atoms with E-state index in [2.05, 4.69) is 4.99 Å². The maximum absolute atomic E-state index is 10.5. The van der Waals surface area contributed by atoms with Crippen LogP contribution >= 0.6 is 0 Å². The van der Waals surface area contributed by atoms with Crippen LogP contribution in [0.15, 0.2) is 113 Å². The first-order valence-corrected chi connectivity index (χ1v) is 14.5. The number of benzene rings is 4. The lowest BCUT2D eigenvalue weighted by molar-refractivity contribution is 0.229. The number of aryl methyl sites for hydroxylation is 1. The van der Waals surface area contributed by atoms with E-state index in [0.29, 0.717) is 25.4 Å². The molecule has 0 bridgehead atoms. The van der Waals surface area contributed by atoms with Crippen LogP contribution in [0.1, 0.15) is 23.6 Å². The molecule has 4 aromatic carbocycles. The third-order valence-corrected chi connectivity index (χ3v) is 6.65. The summed E-state index contributed by atoms with van der Waals surface area (Å²) in [6.45, 7) is 4.82. The van der Waals surface area contributed by atoms with E-state index in [0.717, 1.165) is 33.9 Å². The molecule has 9 heteroatoms. The predicted molar refractivity (Wildman–Crippen MR) is 161 cm³/mol. The van der Waals surface area contributed by atoms with Gasteiger partial charge in [-0.1, -0.05) is 66.2 Å². The molecule has 0 fully saturated rings. The Hall–Kier alpha value is -4.34. The Morgan fingerprint density at radius 1 is 0.854 bits per heavy atom. The van der Waals surface area contributed by atoms with Crippen molar-refractivity contribution >= 4 is 16.0 Å². The van der Waals surface area contributed by atoms with E-state index in [4.69, 9.17) is 24.5 Å². The Balaban J connectivity index is 0.000000352. The van der Waals surface area contributed by atoms with Gasteiger partial charge in [0.1, 0.15) is 30.0 Å². The second kappa shape index (κ2) is 15.4. The summed E-state index contributed by atoms with van der Waals surface area (Å²) in [4.78, 5) is 4.41. The third kappa shape index (κ3) is 11.4. The number of ether oxygens (including phenoxy) is 3. The summed E-state index contributed by atoms with van der Waals surface area (Å²) >= 11 is 0. The lowest BCUT2D eigenvalue weighted by Gasteiger charge is -2.14. The normalized spacial score (nSPS) is 12.0. The van der Waals surface area contributed by atoms with Crippen LogP contribution in [-0.2, 0) is 23.1 Å². The zero-order chi connectivity index (χ0) is 29.7. The van der Waals surface area contributed by atoms with Gasteiger partial charge in [-0.15, -0.1) is 0 Å². The topological polar surface area (TPSA) is 120 Å². The molecule has 8 nitrogen and oxygen atoms in total. The van der Waals surface area contributed by atoms with Crippen LogP contribution in [0.5, 0.6) is 17.2 Å². The molecule has 41 heavy (non-hydrogen) atoms. The van der Waals surface area contributed by atoms with E-state index in [9.17, 15) is 8.42 Å². The molecule has 4 aromatic rings. The highest BCUT2D eigenvalue weighted by Crippen LogP contribution is 2.20. The van der Waals surface area contributed by atoms with Gasteiger partial charge < -0.3 is 19.9 Å². The van der Waals surface area contributed by atoms with Gasteiger partial charge in [-0.25, -0.2) is 0 Å². The molecule has 1 atom stereocenters. The highest BCUT2D eigenvalue weighted by Gasteiger charge is 2.07. The van der Waals surface area contributed by atoms with Gasteiger partial charge in [-0.3, -0.25) is 9.55 Å². The first kappa shape index (κ1) is 31.2. The van der Waals surface area contributed by atoms with Gasteiger partial charge in [0.05, 0.1) is 24.4 Å². The van der Waals surface area contributed by atoms with Crippen molar-refractivity contribution in [1.29, 1.82) is 0 Å². The summed E-state index contributed by atoms with van der Waals surface area (Å²) in [5.74, 6) is 2.89. The summed E-state index contributed by atoms with van der Waals surface area (Å²) in [6.07, 6.45) is 0.463. The van der Waals surface area contributed by atoms with Gasteiger partial charge >= 0.3 is 0 Å². The highest BCUT2D eigenvalue weighted by atomic mass is 32.2. The minimum absolute atomic E-state index is 0.0666. The number of methoxy groups -OCH3 is 1. The fraction of sp³-hybridized carbons (Fsp3) is 0.219. The Labute approximate surface area is 242 Å². The molecule has 216 valence electrons. The van der Waals surface area contributed by atoms with Crippen LogP contribution in [0.25, 0.3) is 0 Å². The van der Waals surface area contributed by atoms with E-state index in [1.54, 1.807) is 19.2 Å². The molecule has 0 aliphatic heterocycles. The van der Waals surface area contributed by atoms with Crippen molar-refractivity contribution in [3.63, 3.8) is 0 Å². The van der Waals surface area contributed by atoms with Crippen molar-refractivity contribution < 1.29 is 27.2 Å². The Kier molecular flexibility index (Phi) is 11.8. The number of nitrogens with zero attached hydrogens (tertiary/aromatic N) is 1. The molecule has 0 radical (unpaired) electrons. The molecule has 0 aliphatic carbocycles. The maximum Gasteiger partial charge on any atom is 0.294 e. The number of rotatable bonds is 11. The average Bonchev–Trinajstić information content (AvgIpc) is 2.96. The standard InChI is InChI=1S/C25H28N2O3.C7H8O3S/c1-19(30-24-13-7-11-22(16-24)28-2)17-27-25(26)15-21-10-6-12-23(14-21)29-18-20-8-4-3-5-9-20;1-6-2-4-7(5-3-6)11(8,9)10/h3-14,16,19H,15,17-18H2,1-2H3,(H2,26,27);2-5H,1H3,(H,8,9,10). The molecule has 1 unspecified atom stereocenters. The fourth-order valence-corrected chi connectivity index (χ4v) is 4.13. The smallest absolute Gasteiger partial charge is 0.294 e. The van der Waals surface area contributed by atoms with Crippen LogP contribution in [0.4, 0.5) is 0 Å². The number of nitrogens with two attached hydrogens (primary N) is 1. The molecule has 0 amide bonds. The van der Waals surface area contributed by atoms with E-state index in [1.807, 2.05) is 92.7 Å². The summed E-state index contributed by atoms with van der Waals surface area (Å²) in [7, 11) is -2.39. The fourth-order valence-electron chi connectivity index (χ4n) is 3.65. The van der Waals surface area contributed by atoms with Gasteiger partial charge in [0.25, 0.3) is 10.1 Å². The van der Waals surface area contributed by atoms with Gasteiger partial charge in [0.15, 0.2) is 0 Å². The first-order valence-electron chi connectivity index (χ1n) is 13.0. The van der Waals surface area contributed by atoms with Crippen molar-refractivity contribution in [3.8, 4) is 17.2 Å². The van der Waals surface area contributed by atoms with E-state index in [-0.39, 0.29) is 11.0 Å². The zero-order valence-corrected chi connectivity index (χ0v) is 24.3. The Morgan fingerprint density at radius 3 is 2.17 bits per heavy atom. The SMILES string of the molecule is COc1cccc(OC(C)CN=C(N)Cc2cccc(OCc3ccccc3)c2)c1.Cc1ccc(S(=O)(=O)O)cc1. The second-order valence-corrected chi connectivity index (χ2v) is 10.7. The predicted octanol–water partition coefficient (Wildman–Crippen LogP) is 5.88. The molecule has 3 N–H and O–H groups in total. The average molecular weight is 577 g/mol. The molecule has 4 rings (SSSR count). The number of aliphatic imine (C=N–C) groups is 1. The molecule has 0 heterocycles. The summed E-state index contributed by atoms with van der Waals surface area (Å²) < 4.78 is 46.5. The molecule has 0 saturated carbocycles. The molecular formula is C32H36N2O6S. The quantitative estimate of drug-likeness (QED) is 0.130. The first-order chi connectivity index (χ1) is 19.6. The van der Waals surface area contributed by atoms with E-state index in [1.165, 1.54) is 12.1 Å². The summed E-state index contributed by atoms with van der Waals surface area (Å²) in [5, 5.41) is 0. The molecule has 0 spiro atoms. The van der Waals surface area contributed by atoms with Crippen LogP contribution in [-0.4, -0.2) is 38.6 Å². The molecule has 0 aromatic heterocycles. The van der Waals surface area contributed by atoms with Gasteiger partial charge in [0, 0.05) is 12.5 Å². The largest absolute Gasteiger partial charge is 0.497 e. The number of amidine groups is 1. The van der Waals surface area contributed by atoms with Crippen LogP contribution in [0.2, 0.25) is 0 Å². The molecular weight excluding hydrogens is 540 g/mol. The monoisotopic (exact) mass is 576 g/mol. The van der Waals surface area contributed by atoms with E-state index < -0.39 is 10.1 Å². The van der Waals surface area contributed by atoms with Crippen molar-refractivity contribution in [2.24, 2.45) is 10.7 Å². The van der Waals surface area contributed by atoms with Gasteiger partial charge in [0.2, 0.25) is 0 Å². The highest BCUT2D eigenvalue weighted by molar-refractivity contribution is 7.85. The van der Waals surface area contributed by atoms with E-state index >= 15 is 0 Å². The summed E-state index contributed by atoms with van der Waals surface area (Å²) in [5.41, 5.74) is 9.29. The number of hydrogen-bond donors (Lipinski definition) is 2. The minimum Gasteiger partial charge on any atom is -0.497 e. The van der Waals surface area contributed by atoms with Crippen LogP contribution < -0.4 is 19.9 Å². The molecule has 0 aliphatic rings. The van der Waals surface area contributed by atoms with Gasteiger partial charge in [-0.05, 0) is 61.4 Å². The second-order valence-electron chi connectivity index (χ2n) is 9.33. The third-order valence-electron chi connectivity index (χ3n) is 5.78. The van der Waals surface area contributed by atoms with Crippen molar-refractivity contribution in [2.75, 3.05) is 13.7 Å². The summed E-state index contributed by atoms with van der Waals surface area (Å²) in [6, 6.07) is 31.5. The number of hydrogen-bond acceptors (Lipinski definition) is 6. The van der Waals surface area contributed by atoms with Crippen molar-refractivity contribution in [3.05, 3.63) is 120 Å². The van der Waals surface area contributed by atoms with Crippen molar-refractivity contribution in [2.45, 2.75) is 37.9 Å². The lowest BCUT2D eigenvalue weighted by Crippen LogP contribution is -2.21. The van der Waals surface area contributed by atoms with Crippen LogP contribution in [0, 0.1) is 6.92 Å². The van der Waals surface area contributed by atoms with Gasteiger partial charge in [-0.2, -0.15) is 8.42 Å². The Bertz CT molecular complexity index is 1510. The minimum atomic E-state index is -4.02. The van der Waals surface area contributed by atoms with Crippen molar-refractivity contribution in [1.82, 2.24) is 0 Å².